The van der Waals surface area contributed by atoms with Gasteiger partial charge in [0.1, 0.15) is 0 Å². The quantitative estimate of drug-likeness (QED) is 0.212. The molecule has 0 saturated heterocycles. The van der Waals surface area contributed by atoms with Gasteiger partial charge in [0.2, 0.25) is 0 Å². The summed E-state index contributed by atoms with van der Waals surface area (Å²) < 4.78 is 79.2. The zero-order valence-corrected chi connectivity index (χ0v) is 20.8. The summed E-state index contributed by atoms with van der Waals surface area (Å²) in [7, 11) is 0. The molecule has 0 bridgehead atoms. The Bertz CT molecular complexity index is 1280. The number of alkyl halides is 6. The van der Waals surface area contributed by atoms with E-state index in [0.717, 1.165) is 24.3 Å². The number of Topliss-reactive ketones (excluding diaryl/α,β-unsaturated/α-hetero) is 1. The first-order valence-electron chi connectivity index (χ1n) is 11.2. The minimum atomic E-state index is -4.57. The largest absolute Gasteiger partial charge is 0.416 e. The minimum absolute atomic E-state index is 0.288. The number of carbonyl (C=O) groups is 1. The van der Waals surface area contributed by atoms with Crippen LogP contribution in [0.15, 0.2) is 97.1 Å². The number of benzene rings is 4. The highest BCUT2D eigenvalue weighted by molar-refractivity contribution is 6.30. The Hall–Kier alpha value is -3.29. The van der Waals surface area contributed by atoms with Crippen LogP contribution in [0.2, 0.25) is 10.0 Å². The van der Waals surface area contributed by atoms with E-state index in [2.05, 4.69) is 0 Å². The van der Waals surface area contributed by atoms with Gasteiger partial charge in [0.05, 0.1) is 23.0 Å². The predicted molar refractivity (Wildman–Crippen MR) is 134 cm³/mol. The maximum Gasteiger partial charge on any atom is 0.416 e. The summed E-state index contributed by atoms with van der Waals surface area (Å²) in [6.45, 7) is 0. The van der Waals surface area contributed by atoms with Crippen LogP contribution in [0, 0.1) is 0 Å². The summed E-state index contributed by atoms with van der Waals surface area (Å²) in [5, 5.41) is 0.786. The lowest BCUT2D eigenvalue weighted by Crippen LogP contribution is -2.23. The van der Waals surface area contributed by atoms with Crippen molar-refractivity contribution in [3.63, 3.8) is 0 Å². The lowest BCUT2D eigenvalue weighted by Gasteiger charge is -2.25. The number of carbonyl (C=O) groups excluding carboxylic acids is 1. The van der Waals surface area contributed by atoms with Gasteiger partial charge in [0, 0.05) is 10.0 Å². The number of rotatable bonds is 6. The molecule has 0 aromatic heterocycles. The highest BCUT2D eigenvalue weighted by atomic mass is 35.5. The first-order chi connectivity index (χ1) is 17.8. The Balaban J connectivity index is 1.86. The molecule has 0 N–H and O–H groups in total. The Morgan fingerprint density at radius 1 is 0.474 bits per heavy atom. The molecular weight excluding hydrogens is 549 g/mol. The van der Waals surface area contributed by atoms with E-state index >= 15 is 0 Å². The van der Waals surface area contributed by atoms with Crippen molar-refractivity contribution in [1.82, 2.24) is 0 Å². The van der Waals surface area contributed by atoms with E-state index in [1.165, 1.54) is 24.3 Å². The zero-order chi connectivity index (χ0) is 27.7. The van der Waals surface area contributed by atoms with Crippen molar-refractivity contribution in [2.24, 2.45) is 0 Å². The van der Waals surface area contributed by atoms with Gasteiger partial charge in [0.15, 0.2) is 5.78 Å². The third-order valence-electron chi connectivity index (χ3n) is 6.12. The predicted octanol–water partition coefficient (Wildman–Crippen LogP) is 9.56. The molecule has 0 aliphatic rings. The van der Waals surface area contributed by atoms with Gasteiger partial charge in [-0.2, -0.15) is 26.3 Å². The summed E-state index contributed by atoms with van der Waals surface area (Å²) >= 11 is 12.0. The van der Waals surface area contributed by atoms with Gasteiger partial charge in [-0.05, 0) is 70.8 Å². The van der Waals surface area contributed by atoms with Gasteiger partial charge < -0.3 is 0 Å². The molecule has 4 aromatic carbocycles. The van der Waals surface area contributed by atoms with Gasteiger partial charge in [-0.25, -0.2) is 0 Å². The molecule has 2 unspecified atom stereocenters. The third kappa shape index (κ3) is 6.22. The topological polar surface area (TPSA) is 17.1 Å². The van der Waals surface area contributed by atoms with Crippen LogP contribution >= 0.6 is 23.2 Å². The molecular formula is C29H18Cl2F6O. The van der Waals surface area contributed by atoms with Crippen molar-refractivity contribution < 1.29 is 31.1 Å². The number of hydrogen-bond acceptors (Lipinski definition) is 1. The monoisotopic (exact) mass is 566 g/mol. The molecule has 0 spiro atoms. The fourth-order valence-corrected chi connectivity index (χ4v) is 4.50. The average Bonchev–Trinajstić information content (AvgIpc) is 2.86. The summed E-state index contributed by atoms with van der Waals surface area (Å²) in [5.74, 6) is -2.54. The van der Waals surface area contributed by atoms with Crippen LogP contribution < -0.4 is 0 Å². The van der Waals surface area contributed by atoms with E-state index in [0.29, 0.717) is 21.2 Å². The van der Waals surface area contributed by atoms with E-state index in [4.69, 9.17) is 23.2 Å². The van der Waals surface area contributed by atoms with Crippen LogP contribution in [0.3, 0.4) is 0 Å². The van der Waals surface area contributed by atoms with Crippen LogP contribution in [-0.4, -0.2) is 5.78 Å². The van der Waals surface area contributed by atoms with Crippen molar-refractivity contribution in [3.05, 3.63) is 140 Å². The van der Waals surface area contributed by atoms with Crippen molar-refractivity contribution in [1.29, 1.82) is 0 Å². The van der Waals surface area contributed by atoms with Crippen LogP contribution in [0.5, 0.6) is 0 Å². The fraction of sp³-hybridized carbons (Fsp3) is 0.138. The van der Waals surface area contributed by atoms with Gasteiger partial charge in [-0.1, -0.05) is 71.7 Å². The maximum atomic E-state index is 14.3. The van der Waals surface area contributed by atoms with Gasteiger partial charge in [-0.15, -0.1) is 0 Å². The molecule has 0 aliphatic heterocycles. The molecule has 196 valence electrons. The van der Waals surface area contributed by atoms with Crippen molar-refractivity contribution in [2.75, 3.05) is 0 Å². The molecule has 0 amide bonds. The van der Waals surface area contributed by atoms with Gasteiger partial charge in [0.25, 0.3) is 0 Å². The second-order valence-electron chi connectivity index (χ2n) is 8.61. The van der Waals surface area contributed by atoms with Crippen molar-refractivity contribution >= 4 is 29.0 Å². The summed E-state index contributed by atoms with van der Waals surface area (Å²) in [6.07, 6.45) is -9.13. The standard InChI is InChI=1S/C29H18Cl2F6O/c30-23-13-5-19(6-14-23)25(17-1-9-21(10-2-17)28(32,33)34)27(38)26(20-7-15-24(31)16-8-20)18-3-11-22(12-4-18)29(35,36)37/h1-16,25-26H. The summed E-state index contributed by atoms with van der Waals surface area (Å²) in [6, 6.07) is 21.0. The third-order valence-corrected chi connectivity index (χ3v) is 6.62. The van der Waals surface area contributed by atoms with E-state index in [1.54, 1.807) is 48.5 Å². The molecule has 1 nitrogen and oxygen atoms in total. The second kappa shape index (κ2) is 10.8. The van der Waals surface area contributed by atoms with Crippen LogP contribution in [0.1, 0.15) is 45.2 Å². The molecule has 9 heteroatoms. The minimum Gasteiger partial charge on any atom is -0.298 e. The first kappa shape index (κ1) is 27.7. The first-order valence-corrected chi connectivity index (χ1v) is 12.0. The zero-order valence-electron chi connectivity index (χ0n) is 19.3. The highest BCUT2D eigenvalue weighted by Gasteiger charge is 2.35. The van der Waals surface area contributed by atoms with E-state index in [9.17, 15) is 31.1 Å². The van der Waals surface area contributed by atoms with Crippen molar-refractivity contribution in [3.8, 4) is 0 Å². The van der Waals surface area contributed by atoms with Gasteiger partial charge in [-0.3, -0.25) is 4.79 Å². The Kier molecular flexibility index (Phi) is 7.90. The average molecular weight is 567 g/mol. The smallest absolute Gasteiger partial charge is 0.298 e. The fourth-order valence-electron chi connectivity index (χ4n) is 4.25. The van der Waals surface area contributed by atoms with Crippen LogP contribution in [0.25, 0.3) is 0 Å². The Morgan fingerprint density at radius 2 is 0.711 bits per heavy atom. The van der Waals surface area contributed by atoms with E-state index in [1.807, 2.05) is 0 Å². The van der Waals surface area contributed by atoms with Gasteiger partial charge >= 0.3 is 12.4 Å². The summed E-state index contributed by atoms with van der Waals surface area (Å²) in [4.78, 5) is 14.3. The lowest BCUT2D eigenvalue weighted by molar-refractivity contribution is -0.138. The number of ketones is 1. The summed E-state index contributed by atoms with van der Waals surface area (Å²) in [5.41, 5.74) is -0.247. The Labute approximate surface area is 224 Å². The molecule has 4 aromatic rings. The molecule has 0 saturated carbocycles. The van der Waals surface area contributed by atoms with Crippen LogP contribution in [0.4, 0.5) is 26.3 Å². The van der Waals surface area contributed by atoms with Crippen molar-refractivity contribution in [2.45, 2.75) is 24.2 Å². The van der Waals surface area contributed by atoms with E-state index < -0.39 is 41.1 Å². The molecule has 2 atom stereocenters. The molecule has 4 rings (SSSR count). The molecule has 0 heterocycles. The molecule has 0 aliphatic carbocycles. The normalized spacial score (nSPS) is 13.7. The molecule has 0 fully saturated rings. The second-order valence-corrected chi connectivity index (χ2v) is 9.48. The lowest BCUT2D eigenvalue weighted by atomic mass is 9.77. The SMILES string of the molecule is O=C(C(c1ccc(Cl)cc1)c1ccc(C(F)(F)F)cc1)C(c1ccc(Cl)cc1)c1ccc(C(F)(F)F)cc1. The number of halogens is 8. The number of hydrogen-bond donors (Lipinski definition) is 0. The Morgan fingerprint density at radius 3 is 0.947 bits per heavy atom. The molecule has 0 radical (unpaired) electrons. The van der Waals surface area contributed by atoms with E-state index in [-0.39, 0.29) is 11.1 Å². The van der Waals surface area contributed by atoms with Crippen LogP contribution in [-0.2, 0) is 17.1 Å². The maximum absolute atomic E-state index is 14.3. The molecule has 38 heavy (non-hydrogen) atoms. The highest BCUT2D eigenvalue weighted by Crippen LogP contribution is 2.39.